The lowest BCUT2D eigenvalue weighted by atomic mass is 10.1. The Bertz CT molecular complexity index is 463. The van der Waals surface area contributed by atoms with Crippen LogP contribution in [0.2, 0.25) is 0 Å². The smallest absolute Gasteiger partial charge is 0.253 e. The largest absolute Gasteiger partial charge is 0.351 e. The number of rotatable bonds is 5. The summed E-state index contributed by atoms with van der Waals surface area (Å²) in [5.41, 5.74) is 4.54. The summed E-state index contributed by atoms with van der Waals surface area (Å²) >= 11 is 0. The molecule has 0 fully saturated rings. The van der Waals surface area contributed by atoms with E-state index in [9.17, 15) is 9.00 Å². The van der Waals surface area contributed by atoms with Gasteiger partial charge in [0.05, 0.1) is 11.3 Å². The minimum Gasteiger partial charge on any atom is -0.351 e. The van der Waals surface area contributed by atoms with Crippen LogP contribution in [-0.2, 0) is 10.8 Å². The third-order valence-corrected chi connectivity index (χ3v) is 3.99. The second kappa shape index (κ2) is 6.51. The summed E-state index contributed by atoms with van der Waals surface area (Å²) < 4.78 is 11.2. The lowest BCUT2D eigenvalue weighted by Crippen LogP contribution is -2.33. The van der Waals surface area contributed by atoms with Gasteiger partial charge in [0.15, 0.2) is 0 Å². The molecule has 1 aromatic carbocycles. The second-order valence-electron chi connectivity index (χ2n) is 4.21. The predicted molar refractivity (Wildman–Crippen MR) is 74.9 cm³/mol. The van der Waals surface area contributed by atoms with Crippen molar-refractivity contribution in [3.8, 4) is 0 Å². The molecule has 18 heavy (non-hydrogen) atoms. The van der Waals surface area contributed by atoms with Gasteiger partial charge in [0, 0.05) is 28.9 Å². The van der Waals surface area contributed by atoms with E-state index in [-0.39, 0.29) is 11.2 Å². The maximum absolute atomic E-state index is 12.0. The van der Waals surface area contributed by atoms with Gasteiger partial charge < -0.3 is 10.7 Å². The maximum atomic E-state index is 12.0. The number of hydrazine groups is 1. The van der Waals surface area contributed by atoms with Crippen LogP contribution in [0.15, 0.2) is 18.2 Å². The molecule has 4 N–H and O–H groups in total. The number of nitrogens with one attached hydrogen (secondary N) is 2. The van der Waals surface area contributed by atoms with Crippen LogP contribution in [0.25, 0.3) is 0 Å². The Labute approximate surface area is 110 Å². The number of amides is 1. The number of benzene rings is 1. The molecule has 1 rings (SSSR count). The van der Waals surface area contributed by atoms with Gasteiger partial charge in [-0.1, -0.05) is 11.6 Å². The summed E-state index contributed by atoms with van der Waals surface area (Å²) in [5.74, 6) is 5.15. The van der Waals surface area contributed by atoms with Crippen molar-refractivity contribution in [1.82, 2.24) is 5.32 Å². The van der Waals surface area contributed by atoms with Gasteiger partial charge in [-0.2, -0.15) is 0 Å². The molecular formula is C12H19N3O2S. The second-order valence-corrected chi connectivity index (χ2v) is 6.01. The fraction of sp³-hybridized carbons (Fsp3) is 0.417. The van der Waals surface area contributed by atoms with E-state index in [1.807, 2.05) is 19.9 Å². The van der Waals surface area contributed by atoms with Crippen LogP contribution >= 0.6 is 0 Å². The highest BCUT2D eigenvalue weighted by atomic mass is 32.2. The molecular weight excluding hydrogens is 250 g/mol. The Kier molecular flexibility index (Phi) is 5.30. The van der Waals surface area contributed by atoms with Crippen molar-refractivity contribution in [3.05, 3.63) is 29.3 Å². The van der Waals surface area contributed by atoms with E-state index in [4.69, 9.17) is 5.84 Å². The molecule has 2 atom stereocenters. The normalized spacial score (nSPS) is 13.8. The molecule has 2 unspecified atom stereocenters. The van der Waals surface area contributed by atoms with Crippen molar-refractivity contribution in [3.63, 3.8) is 0 Å². The Morgan fingerprint density at radius 3 is 2.72 bits per heavy atom. The quantitative estimate of drug-likeness (QED) is 0.545. The SMILES string of the molecule is Cc1ccc(NN)c(C(=O)NCC(C)S(C)=O)c1. The number of hydrogen-bond donors (Lipinski definition) is 3. The van der Waals surface area contributed by atoms with E-state index in [0.717, 1.165) is 5.56 Å². The molecule has 0 aliphatic rings. The zero-order valence-electron chi connectivity index (χ0n) is 10.8. The van der Waals surface area contributed by atoms with Crippen LogP contribution in [0.5, 0.6) is 0 Å². The number of hydrogen-bond acceptors (Lipinski definition) is 4. The molecule has 100 valence electrons. The first-order valence-corrected chi connectivity index (χ1v) is 7.25. The summed E-state index contributed by atoms with van der Waals surface area (Å²) in [6, 6.07) is 5.39. The Hall–Kier alpha value is -1.40. The Morgan fingerprint density at radius 1 is 1.50 bits per heavy atom. The van der Waals surface area contributed by atoms with E-state index in [1.54, 1.807) is 18.4 Å². The van der Waals surface area contributed by atoms with Crippen LogP contribution < -0.4 is 16.6 Å². The minimum absolute atomic E-state index is 0.0759. The molecule has 0 radical (unpaired) electrons. The lowest BCUT2D eigenvalue weighted by Gasteiger charge is -2.13. The molecule has 6 heteroatoms. The van der Waals surface area contributed by atoms with Crippen LogP contribution in [0.4, 0.5) is 5.69 Å². The van der Waals surface area contributed by atoms with Crippen LogP contribution in [0, 0.1) is 6.92 Å². The number of nitrogens with two attached hydrogens (primary N) is 1. The first-order valence-electron chi connectivity index (χ1n) is 5.63. The minimum atomic E-state index is -0.950. The topological polar surface area (TPSA) is 84.2 Å². The first kappa shape index (κ1) is 14.7. The van der Waals surface area contributed by atoms with Gasteiger partial charge in [-0.15, -0.1) is 0 Å². The van der Waals surface area contributed by atoms with E-state index >= 15 is 0 Å². The number of carbonyl (C=O) groups excluding carboxylic acids is 1. The standard InChI is InChI=1S/C12H19N3O2S/c1-8-4-5-11(15-13)10(6-8)12(16)14-7-9(2)18(3)17/h4-6,9,15H,7,13H2,1-3H3,(H,14,16). The van der Waals surface area contributed by atoms with Crippen molar-refractivity contribution >= 4 is 22.4 Å². The van der Waals surface area contributed by atoms with Gasteiger partial charge in [-0.25, -0.2) is 0 Å². The highest BCUT2D eigenvalue weighted by molar-refractivity contribution is 7.84. The number of carbonyl (C=O) groups is 1. The van der Waals surface area contributed by atoms with Crippen LogP contribution in [0.3, 0.4) is 0 Å². The number of nitrogen functional groups attached to an aromatic ring is 1. The molecule has 0 aliphatic heterocycles. The van der Waals surface area contributed by atoms with Crippen molar-refractivity contribution in [1.29, 1.82) is 0 Å². The monoisotopic (exact) mass is 269 g/mol. The Morgan fingerprint density at radius 2 is 2.17 bits per heavy atom. The van der Waals surface area contributed by atoms with Crippen molar-refractivity contribution in [2.75, 3.05) is 18.2 Å². The average molecular weight is 269 g/mol. The van der Waals surface area contributed by atoms with Gasteiger partial charge >= 0.3 is 0 Å². The predicted octanol–water partition coefficient (Wildman–Crippen LogP) is 0.777. The van der Waals surface area contributed by atoms with E-state index in [1.165, 1.54) is 0 Å². The molecule has 0 saturated carbocycles. The molecule has 5 nitrogen and oxygen atoms in total. The van der Waals surface area contributed by atoms with E-state index in [0.29, 0.717) is 17.8 Å². The van der Waals surface area contributed by atoms with Gasteiger partial charge in [0.1, 0.15) is 0 Å². The molecule has 1 aromatic rings. The first-order chi connectivity index (χ1) is 8.45. The van der Waals surface area contributed by atoms with Crippen molar-refractivity contribution < 1.29 is 9.00 Å². The zero-order chi connectivity index (χ0) is 13.7. The van der Waals surface area contributed by atoms with Gasteiger partial charge in [-0.3, -0.25) is 14.8 Å². The summed E-state index contributed by atoms with van der Waals surface area (Å²) in [5, 5.41) is 2.68. The lowest BCUT2D eigenvalue weighted by molar-refractivity contribution is 0.0955. The summed E-state index contributed by atoms with van der Waals surface area (Å²) in [6.07, 6.45) is 1.62. The van der Waals surface area contributed by atoms with Gasteiger partial charge in [0.25, 0.3) is 5.91 Å². The number of anilines is 1. The third-order valence-electron chi connectivity index (χ3n) is 2.69. The number of aryl methyl sites for hydroxylation is 1. The molecule has 0 spiro atoms. The average Bonchev–Trinajstić information content (AvgIpc) is 2.35. The Balaban J connectivity index is 2.78. The molecule has 0 heterocycles. The van der Waals surface area contributed by atoms with Crippen molar-refractivity contribution in [2.24, 2.45) is 5.84 Å². The van der Waals surface area contributed by atoms with Crippen molar-refractivity contribution in [2.45, 2.75) is 19.1 Å². The summed E-state index contributed by atoms with van der Waals surface area (Å²) in [7, 11) is -0.950. The molecule has 0 aliphatic carbocycles. The van der Waals surface area contributed by atoms with Gasteiger partial charge in [-0.05, 0) is 26.0 Å². The maximum Gasteiger partial charge on any atom is 0.253 e. The van der Waals surface area contributed by atoms with Crippen LogP contribution in [0.1, 0.15) is 22.8 Å². The fourth-order valence-electron chi connectivity index (χ4n) is 1.42. The zero-order valence-corrected chi connectivity index (χ0v) is 11.6. The van der Waals surface area contributed by atoms with Crippen LogP contribution in [-0.4, -0.2) is 28.2 Å². The van der Waals surface area contributed by atoms with Gasteiger partial charge in [0.2, 0.25) is 0 Å². The summed E-state index contributed by atoms with van der Waals surface area (Å²) in [4.78, 5) is 12.0. The molecule has 0 saturated heterocycles. The highest BCUT2D eigenvalue weighted by Crippen LogP contribution is 2.16. The van der Waals surface area contributed by atoms with E-state index < -0.39 is 10.8 Å². The fourth-order valence-corrected chi connectivity index (χ4v) is 1.74. The molecule has 0 bridgehead atoms. The third kappa shape index (κ3) is 3.82. The summed E-state index contributed by atoms with van der Waals surface area (Å²) in [6.45, 7) is 4.11. The molecule has 0 aromatic heterocycles. The highest BCUT2D eigenvalue weighted by Gasteiger charge is 2.13. The van der Waals surface area contributed by atoms with E-state index in [2.05, 4.69) is 10.7 Å². The molecule has 1 amide bonds.